The molecule has 2 aliphatic carbocycles. The Bertz CT molecular complexity index is 1480. The van der Waals surface area contributed by atoms with Crippen molar-refractivity contribution in [1.29, 1.82) is 0 Å². The van der Waals surface area contributed by atoms with Crippen LogP contribution in [-0.4, -0.2) is 52.6 Å². The molecule has 3 aliphatic rings. The first kappa shape index (κ1) is 21.1. The van der Waals surface area contributed by atoms with Gasteiger partial charge in [-0.15, -0.1) is 11.8 Å². The number of aromatic nitrogens is 6. The average Bonchev–Trinajstić information content (AvgIpc) is 3.24. The molecular formula is C22H24N8O3S. The van der Waals surface area contributed by atoms with E-state index in [0.717, 1.165) is 25.7 Å². The summed E-state index contributed by atoms with van der Waals surface area (Å²) in [6.07, 6.45) is 12.3. The molecule has 34 heavy (non-hydrogen) atoms. The van der Waals surface area contributed by atoms with Gasteiger partial charge < -0.3 is 15.4 Å². The third kappa shape index (κ3) is 4.13. The standard InChI is InChI=1S/C22H24N8O3S/c31-19-14(26-22(33)29-19)9-11-10-23-30-18(11)27-17(28-21(30)25-13-5-6-13)15-7-8-16(34-15)20(32)24-12-3-1-2-4-12/h8-10,12-13,15,31H,1-7H2,(H,24,32)(H2,26,29,33). The fourth-order valence-corrected chi connectivity index (χ4v) is 5.40. The predicted molar refractivity (Wildman–Crippen MR) is 125 cm³/mol. The number of imidazole rings is 1. The van der Waals surface area contributed by atoms with Crippen LogP contribution in [0.3, 0.4) is 0 Å². The predicted octanol–water partition coefficient (Wildman–Crippen LogP) is 0.578. The number of aromatic hydroxyl groups is 1. The van der Waals surface area contributed by atoms with E-state index in [9.17, 15) is 14.7 Å². The molecule has 2 fully saturated rings. The van der Waals surface area contributed by atoms with Crippen molar-refractivity contribution in [3.05, 3.63) is 50.0 Å². The van der Waals surface area contributed by atoms with Crippen LogP contribution in [0.4, 0.5) is 0 Å². The van der Waals surface area contributed by atoms with Crippen LogP contribution in [0.5, 0.6) is 5.88 Å². The van der Waals surface area contributed by atoms with E-state index >= 15 is 0 Å². The number of allylic oxidation sites excluding steroid dienone is 1. The fourth-order valence-electron chi connectivity index (χ4n) is 4.33. The van der Waals surface area contributed by atoms with Gasteiger partial charge in [0.1, 0.15) is 11.5 Å². The van der Waals surface area contributed by atoms with Gasteiger partial charge in [-0.25, -0.2) is 14.8 Å². The second-order valence-electron chi connectivity index (χ2n) is 8.93. The fraction of sp³-hybridized carbons (Fsp3) is 0.455. The van der Waals surface area contributed by atoms with Crippen LogP contribution < -0.4 is 21.8 Å². The number of H-pyrrole nitrogens is 2. The Labute approximate surface area is 197 Å². The quantitative estimate of drug-likeness (QED) is 0.416. The van der Waals surface area contributed by atoms with Gasteiger partial charge >= 0.3 is 5.69 Å². The van der Waals surface area contributed by atoms with Crippen molar-refractivity contribution in [3.63, 3.8) is 0 Å². The van der Waals surface area contributed by atoms with E-state index in [0.29, 0.717) is 33.6 Å². The molecule has 0 aromatic carbocycles. The smallest absolute Gasteiger partial charge is 0.326 e. The number of amides is 1. The lowest BCUT2D eigenvalue weighted by molar-refractivity contribution is -0.117. The maximum atomic E-state index is 12.7. The summed E-state index contributed by atoms with van der Waals surface area (Å²) in [4.78, 5) is 44.0. The topological polar surface area (TPSA) is 153 Å². The number of fused-ring (bicyclic) bond motifs is 1. The highest BCUT2D eigenvalue weighted by Crippen LogP contribution is 2.42. The highest BCUT2D eigenvalue weighted by Gasteiger charge is 2.29. The van der Waals surface area contributed by atoms with Gasteiger partial charge in [0.25, 0.3) is 5.91 Å². The lowest BCUT2D eigenvalue weighted by Gasteiger charge is -2.13. The number of nitrogens with one attached hydrogen (secondary N) is 3. The Kier molecular flexibility index (Phi) is 5.24. The molecule has 12 heteroatoms. The second kappa shape index (κ2) is 8.42. The molecule has 3 aromatic heterocycles. The van der Waals surface area contributed by atoms with Crippen LogP contribution in [-0.2, 0) is 4.79 Å². The van der Waals surface area contributed by atoms with Crippen molar-refractivity contribution >= 4 is 29.4 Å². The largest absolute Gasteiger partial charge is 0.493 e. The summed E-state index contributed by atoms with van der Waals surface area (Å²) in [6, 6.07) is 0.500. The molecule has 1 atom stereocenters. The highest BCUT2D eigenvalue weighted by molar-refractivity contribution is 8.04. The minimum atomic E-state index is -0.503. The Hall–Kier alpha value is -3.41. The van der Waals surface area contributed by atoms with Crippen LogP contribution in [0.1, 0.15) is 61.7 Å². The van der Waals surface area contributed by atoms with Crippen molar-refractivity contribution in [2.24, 2.45) is 4.99 Å². The molecule has 0 bridgehead atoms. The number of carbonyl (C=O) groups is 1. The number of hydrogen-bond acceptors (Lipinski definition) is 8. The van der Waals surface area contributed by atoms with Gasteiger partial charge in [0.15, 0.2) is 5.65 Å². The van der Waals surface area contributed by atoms with E-state index in [4.69, 9.17) is 15.0 Å². The number of aromatic amines is 2. The molecule has 1 unspecified atom stereocenters. The normalized spacial score (nSPS) is 22.1. The van der Waals surface area contributed by atoms with E-state index in [-0.39, 0.29) is 34.8 Å². The number of rotatable bonds is 5. The summed E-state index contributed by atoms with van der Waals surface area (Å²) in [5, 5.41) is 18.0. The summed E-state index contributed by atoms with van der Waals surface area (Å²) >= 11 is 1.48. The molecule has 2 saturated carbocycles. The first-order valence-electron chi connectivity index (χ1n) is 11.5. The number of hydrogen-bond donors (Lipinski definition) is 4. The minimum absolute atomic E-state index is 0.0198. The van der Waals surface area contributed by atoms with Crippen LogP contribution in [0.15, 0.2) is 27.0 Å². The number of nitrogens with zero attached hydrogens (tertiary/aromatic N) is 5. The summed E-state index contributed by atoms with van der Waals surface area (Å²) in [6.45, 7) is 0. The lowest BCUT2D eigenvalue weighted by Crippen LogP contribution is -2.32. The van der Waals surface area contributed by atoms with E-state index < -0.39 is 5.69 Å². The Morgan fingerprint density at radius 3 is 2.79 bits per heavy atom. The maximum Gasteiger partial charge on any atom is 0.326 e. The van der Waals surface area contributed by atoms with Crippen LogP contribution >= 0.6 is 11.8 Å². The first-order valence-corrected chi connectivity index (χ1v) is 12.4. The lowest BCUT2D eigenvalue weighted by atomic mass is 10.2. The van der Waals surface area contributed by atoms with Crippen LogP contribution in [0.2, 0.25) is 0 Å². The van der Waals surface area contributed by atoms with Crippen molar-refractivity contribution in [1.82, 2.24) is 34.9 Å². The molecule has 176 valence electrons. The van der Waals surface area contributed by atoms with Gasteiger partial charge in [-0.05, 0) is 38.2 Å². The zero-order valence-electron chi connectivity index (χ0n) is 18.3. The zero-order chi connectivity index (χ0) is 23.2. The first-order chi connectivity index (χ1) is 16.5. The third-order valence-electron chi connectivity index (χ3n) is 6.26. The number of thioether (sulfide) groups is 1. The maximum absolute atomic E-state index is 12.7. The summed E-state index contributed by atoms with van der Waals surface area (Å²) < 4.78 is 1.58. The van der Waals surface area contributed by atoms with Gasteiger partial charge in [-0.3, -0.25) is 9.78 Å². The van der Waals surface area contributed by atoms with E-state index in [1.54, 1.807) is 16.8 Å². The van der Waals surface area contributed by atoms with Crippen molar-refractivity contribution in [3.8, 4) is 5.88 Å². The monoisotopic (exact) mass is 480 g/mol. The molecule has 0 radical (unpaired) electrons. The zero-order valence-corrected chi connectivity index (χ0v) is 19.1. The van der Waals surface area contributed by atoms with Crippen molar-refractivity contribution in [2.75, 3.05) is 0 Å². The van der Waals surface area contributed by atoms with Gasteiger partial charge in [0.05, 0.1) is 22.4 Å². The molecular weight excluding hydrogens is 456 g/mol. The van der Waals surface area contributed by atoms with E-state index in [1.165, 1.54) is 24.6 Å². The second-order valence-corrected chi connectivity index (χ2v) is 10.2. The molecule has 6 rings (SSSR count). The van der Waals surface area contributed by atoms with Crippen molar-refractivity contribution < 1.29 is 9.90 Å². The molecule has 3 aromatic rings. The van der Waals surface area contributed by atoms with Crippen LogP contribution in [0, 0.1) is 0 Å². The number of carbonyl (C=O) groups excluding carboxylic acids is 1. The molecule has 1 aliphatic heterocycles. The van der Waals surface area contributed by atoms with Crippen LogP contribution in [0.25, 0.3) is 11.7 Å². The Morgan fingerprint density at radius 2 is 2.06 bits per heavy atom. The van der Waals surface area contributed by atoms with Gasteiger partial charge in [0, 0.05) is 11.3 Å². The highest BCUT2D eigenvalue weighted by atomic mass is 32.2. The molecule has 0 spiro atoms. The summed E-state index contributed by atoms with van der Waals surface area (Å²) in [5.41, 5.74) is 0.731. The molecule has 4 heterocycles. The van der Waals surface area contributed by atoms with E-state index in [1.807, 2.05) is 6.08 Å². The third-order valence-corrected chi connectivity index (χ3v) is 7.56. The SMILES string of the molecule is O=C(NC1CCCC1)C1=CCC(c2nc(=NC3CC3)n3ncc(=Cc4[nH]c(=O)[nH]c4O)c3n2)S1. The average molecular weight is 481 g/mol. The molecule has 1 amide bonds. The van der Waals surface area contributed by atoms with Gasteiger partial charge in [-0.1, -0.05) is 18.9 Å². The van der Waals surface area contributed by atoms with Gasteiger partial charge in [0.2, 0.25) is 11.5 Å². The Balaban J connectivity index is 1.34. The summed E-state index contributed by atoms with van der Waals surface area (Å²) in [7, 11) is 0. The molecule has 11 nitrogen and oxygen atoms in total. The Morgan fingerprint density at radius 1 is 1.24 bits per heavy atom. The molecule has 4 N–H and O–H groups in total. The van der Waals surface area contributed by atoms with Gasteiger partial charge in [-0.2, -0.15) is 14.6 Å². The summed E-state index contributed by atoms with van der Waals surface area (Å²) in [5.74, 6) is 0.308. The minimum Gasteiger partial charge on any atom is -0.493 e. The van der Waals surface area contributed by atoms with E-state index in [2.05, 4.69) is 20.4 Å². The van der Waals surface area contributed by atoms with Crippen molar-refractivity contribution in [2.45, 2.75) is 62.3 Å². The molecule has 0 saturated heterocycles.